The van der Waals surface area contributed by atoms with E-state index in [2.05, 4.69) is 4.98 Å². The van der Waals surface area contributed by atoms with E-state index < -0.39 is 23.2 Å². The molecule has 0 N–H and O–H groups in total. The fourth-order valence-electron chi connectivity index (χ4n) is 3.22. The van der Waals surface area contributed by atoms with Crippen molar-refractivity contribution in [1.82, 2.24) is 9.55 Å². The Morgan fingerprint density at radius 3 is 2.90 bits per heavy atom. The summed E-state index contributed by atoms with van der Waals surface area (Å²) in [5.41, 5.74) is -2.83. The molecule has 1 atom stereocenters. The van der Waals surface area contributed by atoms with E-state index in [1.54, 1.807) is 18.2 Å². The van der Waals surface area contributed by atoms with E-state index in [0.717, 1.165) is 11.1 Å². The summed E-state index contributed by atoms with van der Waals surface area (Å²) in [6, 6.07) is 6.27. The van der Waals surface area contributed by atoms with Crippen LogP contribution in [0.15, 0.2) is 29.1 Å². The topological polar surface area (TPSA) is 71.8 Å². The van der Waals surface area contributed by atoms with E-state index in [1.807, 2.05) is 0 Å². The fraction of sp³-hybridized carbons (Fsp3) is 0.444. The lowest BCUT2D eigenvalue weighted by molar-refractivity contribution is -0.102. The molecular formula is C18H17F3N2O5S. The van der Waals surface area contributed by atoms with Crippen molar-refractivity contribution >= 4 is 12.0 Å². The third kappa shape index (κ3) is 4.85. The number of aromatic nitrogens is 2. The predicted molar refractivity (Wildman–Crippen MR) is 98.0 cm³/mol. The lowest BCUT2D eigenvalue weighted by Crippen LogP contribution is -2.34. The van der Waals surface area contributed by atoms with Crippen LogP contribution < -0.4 is 14.6 Å². The van der Waals surface area contributed by atoms with Gasteiger partial charge in [0.15, 0.2) is 12.0 Å². The third-order valence-electron chi connectivity index (χ3n) is 4.48. The maximum absolute atomic E-state index is 12.4. The van der Waals surface area contributed by atoms with Crippen LogP contribution in [0.2, 0.25) is 0 Å². The van der Waals surface area contributed by atoms with Gasteiger partial charge in [-0.25, -0.2) is 4.79 Å². The zero-order valence-electron chi connectivity index (χ0n) is 15.1. The van der Waals surface area contributed by atoms with Gasteiger partial charge in [0, 0.05) is 18.2 Å². The number of rotatable bonds is 5. The minimum Gasteiger partial charge on any atom is -0.475 e. The minimum absolute atomic E-state index is 0.0989. The molecule has 0 bridgehead atoms. The lowest BCUT2D eigenvalue weighted by atomic mass is 9.97. The number of hydrogen-bond donors (Lipinski definition) is 0. The van der Waals surface area contributed by atoms with E-state index in [9.17, 15) is 18.0 Å². The van der Waals surface area contributed by atoms with Crippen LogP contribution in [-0.2, 0) is 22.4 Å². The summed E-state index contributed by atoms with van der Waals surface area (Å²) >= 11 is -0.559. The normalized spacial score (nSPS) is 18.7. The molecule has 156 valence electrons. The van der Waals surface area contributed by atoms with Crippen molar-refractivity contribution in [3.05, 3.63) is 40.3 Å². The molecule has 0 amide bonds. The Bertz CT molecular complexity index is 944. The van der Waals surface area contributed by atoms with Gasteiger partial charge in [-0.3, -0.25) is 4.57 Å². The first-order valence-corrected chi connectivity index (χ1v) is 9.63. The van der Waals surface area contributed by atoms with Gasteiger partial charge in [-0.2, -0.15) is 18.2 Å². The predicted octanol–water partition coefficient (Wildman–Crippen LogP) is 2.81. The zero-order chi connectivity index (χ0) is 20.4. The molecule has 1 unspecified atom stereocenters. The van der Waals surface area contributed by atoms with Crippen molar-refractivity contribution in [1.29, 1.82) is 0 Å². The highest BCUT2D eigenvalue weighted by molar-refractivity contribution is 7.95. The van der Waals surface area contributed by atoms with Gasteiger partial charge >= 0.3 is 11.2 Å². The average Bonchev–Trinajstić information content (AvgIpc) is 2.70. The molecular weight excluding hydrogens is 413 g/mol. The summed E-state index contributed by atoms with van der Waals surface area (Å²) in [4.78, 5) is 16.3. The summed E-state index contributed by atoms with van der Waals surface area (Å²) in [6.45, 7) is 2.00. The van der Waals surface area contributed by atoms with Gasteiger partial charge in [-0.05, 0) is 30.2 Å². The van der Waals surface area contributed by atoms with Gasteiger partial charge in [0.2, 0.25) is 5.88 Å². The van der Waals surface area contributed by atoms with Crippen LogP contribution in [0.4, 0.5) is 13.2 Å². The molecule has 2 aliphatic rings. The standard InChI is InChI=1S/C18H17F3N2O5S/c19-18(20,21)29-28-12-1-2-14-11(7-12)3-4-23-15(14)8-16(22-17(23)24)27-10-13-9-25-5-6-26-13/h1-2,7-8,13H,3-6,9-10H2. The first kappa shape index (κ1) is 20.0. The molecule has 1 aromatic carbocycles. The molecule has 1 saturated heterocycles. The SMILES string of the molecule is O=c1nc(OCC2COCCO2)cc2n1CCc1cc(OSC(F)(F)F)ccc1-2. The van der Waals surface area contributed by atoms with Gasteiger partial charge in [-0.15, -0.1) is 0 Å². The number of hydrogen-bond acceptors (Lipinski definition) is 7. The number of fused-ring (bicyclic) bond motifs is 3. The molecule has 2 aliphatic heterocycles. The maximum Gasteiger partial charge on any atom is 0.479 e. The largest absolute Gasteiger partial charge is 0.479 e. The summed E-state index contributed by atoms with van der Waals surface area (Å²) < 4.78 is 59.7. The number of alkyl halides is 3. The molecule has 0 saturated carbocycles. The summed E-state index contributed by atoms with van der Waals surface area (Å²) in [6.07, 6.45) is 0.244. The smallest absolute Gasteiger partial charge is 0.475 e. The van der Waals surface area contributed by atoms with E-state index in [0.29, 0.717) is 38.5 Å². The second-order valence-corrected chi connectivity index (χ2v) is 7.27. The van der Waals surface area contributed by atoms with Crippen molar-refractivity contribution in [3.8, 4) is 22.9 Å². The average molecular weight is 430 g/mol. The van der Waals surface area contributed by atoms with E-state index in [-0.39, 0.29) is 24.3 Å². The summed E-state index contributed by atoms with van der Waals surface area (Å²) in [7, 11) is 0. The first-order valence-electron chi connectivity index (χ1n) is 8.89. The number of aryl methyl sites for hydroxylation is 1. The molecule has 3 heterocycles. The van der Waals surface area contributed by atoms with Gasteiger partial charge in [0.25, 0.3) is 0 Å². The highest BCUT2D eigenvalue weighted by atomic mass is 32.2. The van der Waals surface area contributed by atoms with Crippen LogP contribution in [0.25, 0.3) is 11.3 Å². The quantitative estimate of drug-likeness (QED) is 0.676. The summed E-state index contributed by atoms with van der Waals surface area (Å²) in [5, 5.41) is 0. The van der Waals surface area contributed by atoms with Crippen LogP contribution in [0.3, 0.4) is 0 Å². The highest BCUT2D eigenvalue weighted by Gasteiger charge is 2.31. The van der Waals surface area contributed by atoms with Crippen LogP contribution >= 0.6 is 12.0 Å². The molecule has 0 spiro atoms. The lowest BCUT2D eigenvalue weighted by Gasteiger charge is -2.24. The fourth-order valence-corrected chi connectivity index (χ4v) is 3.51. The Hall–Kier alpha value is -2.24. The second-order valence-electron chi connectivity index (χ2n) is 6.47. The Morgan fingerprint density at radius 1 is 1.28 bits per heavy atom. The second kappa shape index (κ2) is 8.25. The van der Waals surface area contributed by atoms with Crippen LogP contribution in [0.5, 0.6) is 11.6 Å². The number of halogens is 3. The highest BCUT2D eigenvalue weighted by Crippen LogP contribution is 2.36. The number of ether oxygens (including phenoxy) is 3. The maximum atomic E-state index is 12.4. The molecule has 0 aliphatic carbocycles. The Labute approximate surface area is 167 Å². The molecule has 7 nitrogen and oxygen atoms in total. The van der Waals surface area contributed by atoms with Crippen molar-refractivity contribution in [2.45, 2.75) is 24.6 Å². The molecule has 0 radical (unpaired) electrons. The minimum atomic E-state index is -4.49. The van der Waals surface area contributed by atoms with Gasteiger partial charge in [-0.1, -0.05) is 0 Å². The first-order chi connectivity index (χ1) is 13.9. The van der Waals surface area contributed by atoms with Crippen molar-refractivity contribution in [3.63, 3.8) is 0 Å². The molecule has 11 heteroatoms. The van der Waals surface area contributed by atoms with Crippen molar-refractivity contribution in [2.75, 3.05) is 26.4 Å². The molecule has 2 aromatic rings. The van der Waals surface area contributed by atoms with Crippen molar-refractivity contribution in [2.24, 2.45) is 0 Å². The Kier molecular flexibility index (Phi) is 5.70. The van der Waals surface area contributed by atoms with E-state index in [4.69, 9.17) is 18.4 Å². The third-order valence-corrected chi connectivity index (χ3v) is 4.94. The molecule has 1 fully saturated rings. The molecule has 4 rings (SSSR count). The van der Waals surface area contributed by atoms with Crippen LogP contribution in [-0.4, -0.2) is 47.6 Å². The Balaban J connectivity index is 1.55. The van der Waals surface area contributed by atoms with Crippen molar-refractivity contribution < 1.29 is 31.6 Å². The van der Waals surface area contributed by atoms with Gasteiger partial charge in [0.05, 0.1) is 25.5 Å². The molecule has 1 aromatic heterocycles. The van der Waals surface area contributed by atoms with E-state index in [1.165, 1.54) is 10.6 Å². The van der Waals surface area contributed by atoms with E-state index >= 15 is 0 Å². The van der Waals surface area contributed by atoms with Crippen LogP contribution in [0.1, 0.15) is 5.56 Å². The Morgan fingerprint density at radius 2 is 2.14 bits per heavy atom. The monoisotopic (exact) mass is 430 g/mol. The summed E-state index contributed by atoms with van der Waals surface area (Å²) in [5.74, 6) is 0.262. The van der Waals surface area contributed by atoms with Crippen LogP contribution in [0, 0.1) is 0 Å². The van der Waals surface area contributed by atoms with Gasteiger partial charge < -0.3 is 18.4 Å². The number of nitrogens with zero attached hydrogens (tertiary/aromatic N) is 2. The molecule has 29 heavy (non-hydrogen) atoms. The van der Waals surface area contributed by atoms with Gasteiger partial charge in [0.1, 0.15) is 18.5 Å². The zero-order valence-corrected chi connectivity index (χ0v) is 15.9. The number of benzene rings is 1.